The summed E-state index contributed by atoms with van der Waals surface area (Å²) in [4.78, 5) is 18.7. The van der Waals surface area contributed by atoms with Crippen molar-refractivity contribution in [3.8, 4) is 0 Å². The summed E-state index contributed by atoms with van der Waals surface area (Å²) in [5, 5.41) is 2.36. The number of benzene rings is 1. The lowest BCUT2D eigenvalue weighted by molar-refractivity contribution is 0.556. The van der Waals surface area contributed by atoms with Gasteiger partial charge in [-0.15, -0.1) is 0 Å². The normalized spacial score (nSPS) is 16.3. The Morgan fingerprint density at radius 1 is 1.39 bits per heavy atom. The molecule has 3 rings (SSSR count). The van der Waals surface area contributed by atoms with E-state index >= 15 is 0 Å². The fraction of sp³-hybridized carbons (Fsp3) is 0.333. The number of rotatable bonds is 3. The third-order valence-electron chi connectivity index (χ3n) is 3.74. The Morgan fingerprint density at radius 2 is 2.22 bits per heavy atom. The van der Waals surface area contributed by atoms with E-state index in [9.17, 15) is 4.79 Å². The molecule has 0 spiro atoms. The summed E-state index contributed by atoms with van der Waals surface area (Å²) < 4.78 is 0. The first-order valence-electron chi connectivity index (χ1n) is 6.25. The third-order valence-corrected chi connectivity index (χ3v) is 3.74. The smallest absolute Gasteiger partial charge is 0.235 e. The van der Waals surface area contributed by atoms with Crippen molar-refractivity contribution in [3.05, 3.63) is 41.7 Å². The fourth-order valence-corrected chi connectivity index (χ4v) is 2.48. The third kappa shape index (κ3) is 1.64. The van der Waals surface area contributed by atoms with Crippen molar-refractivity contribution >= 4 is 16.9 Å². The molecule has 0 N–H and O–H groups in total. The molecule has 2 aromatic rings. The van der Waals surface area contributed by atoms with Crippen LogP contribution < -0.4 is 0 Å². The van der Waals surface area contributed by atoms with Gasteiger partial charge in [-0.1, -0.05) is 19.1 Å². The molecular formula is C15H14N2O. The molecule has 1 aliphatic rings. The Balaban J connectivity index is 2.15. The summed E-state index contributed by atoms with van der Waals surface area (Å²) in [5.41, 5.74) is 2.06. The number of hydrogen-bond donors (Lipinski definition) is 0. The molecule has 1 fully saturated rings. The van der Waals surface area contributed by atoms with Gasteiger partial charge in [0.25, 0.3) is 0 Å². The predicted octanol–water partition coefficient (Wildman–Crippen LogP) is 3.12. The molecule has 1 aromatic heterocycles. The molecule has 1 saturated carbocycles. The molecule has 90 valence electrons. The SMILES string of the molecule is CCc1cncc2cc(C3(N=C=O)CC3)ccc12. The fourth-order valence-electron chi connectivity index (χ4n) is 2.48. The Labute approximate surface area is 106 Å². The van der Waals surface area contributed by atoms with Crippen LogP contribution in [0.2, 0.25) is 0 Å². The number of nitrogens with zero attached hydrogens (tertiary/aromatic N) is 2. The average Bonchev–Trinajstić information content (AvgIpc) is 3.19. The van der Waals surface area contributed by atoms with E-state index in [2.05, 4.69) is 35.1 Å². The maximum atomic E-state index is 10.5. The van der Waals surface area contributed by atoms with Crippen molar-refractivity contribution in [1.82, 2.24) is 4.98 Å². The van der Waals surface area contributed by atoms with Gasteiger partial charge in [-0.2, -0.15) is 4.99 Å². The highest BCUT2D eigenvalue weighted by Crippen LogP contribution is 2.49. The van der Waals surface area contributed by atoms with Crippen LogP contribution in [0.5, 0.6) is 0 Å². The Bertz CT molecular complexity index is 653. The van der Waals surface area contributed by atoms with Gasteiger partial charge in [0.1, 0.15) is 0 Å². The van der Waals surface area contributed by atoms with E-state index in [1.807, 2.05) is 12.4 Å². The van der Waals surface area contributed by atoms with Crippen molar-refractivity contribution in [2.24, 2.45) is 4.99 Å². The Morgan fingerprint density at radius 3 is 2.89 bits per heavy atom. The molecule has 1 heterocycles. The van der Waals surface area contributed by atoms with Crippen LogP contribution in [0, 0.1) is 0 Å². The summed E-state index contributed by atoms with van der Waals surface area (Å²) in [6, 6.07) is 6.30. The van der Waals surface area contributed by atoms with Crippen LogP contribution in [-0.2, 0) is 16.8 Å². The summed E-state index contributed by atoms with van der Waals surface area (Å²) in [5.74, 6) is 0. The molecule has 3 nitrogen and oxygen atoms in total. The van der Waals surface area contributed by atoms with Gasteiger partial charge in [0, 0.05) is 17.8 Å². The van der Waals surface area contributed by atoms with E-state index in [-0.39, 0.29) is 5.54 Å². The van der Waals surface area contributed by atoms with Crippen LogP contribution in [0.15, 0.2) is 35.6 Å². The Hall–Kier alpha value is -1.99. The molecule has 0 amide bonds. The van der Waals surface area contributed by atoms with E-state index < -0.39 is 0 Å². The lowest BCUT2D eigenvalue weighted by Gasteiger charge is -2.10. The zero-order chi connectivity index (χ0) is 12.6. The number of pyridine rings is 1. The minimum absolute atomic E-state index is 0.293. The highest BCUT2D eigenvalue weighted by atomic mass is 16.1. The highest BCUT2D eigenvalue weighted by molar-refractivity contribution is 5.85. The monoisotopic (exact) mass is 238 g/mol. The van der Waals surface area contributed by atoms with Crippen LogP contribution in [0.4, 0.5) is 0 Å². The molecule has 0 radical (unpaired) electrons. The van der Waals surface area contributed by atoms with Crippen LogP contribution >= 0.6 is 0 Å². The molecule has 18 heavy (non-hydrogen) atoms. The zero-order valence-electron chi connectivity index (χ0n) is 10.3. The summed E-state index contributed by atoms with van der Waals surface area (Å²) in [6.45, 7) is 2.13. The number of isocyanates is 1. The number of aromatic nitrogens is 1. The van der Waals surface area contributed by atoms with Gasteiger partial charge >= 0.3 is 0 Å². The number of aliphatic imine (C=N–C) groups is 1. The second-order valence-electron chi connectivity index (χ2n) is 4.82. The van der Waals surface area contributed by atoms with E-state index in [1.165, 1.54) is 10.9 Å². The van der Waals surface area contributed by atoms with Crippen LogP contribution in [0.25, 0.3) is 10.8 Å². The number of carbonyl (C=O) groups excluding carboxylic acids is 1. The van der Waals surface area contributed by atoms with Gasteiger partial charge < -0.3 is 0 Å². The molecule has 0 bridgehead atoms. The van der Waals surface area contributed by atoms with Gasteiger partial charge in [-0.05, 0) is 41.8 Å². The van der Waals surface area contributed by atoms with Crippen molar-refractivity contribution in [3.63, 3.8) is 0 Å². The second-order valence-corrected chi connectivity index (χ2v) is 4.82. The molecule has 3 heteroatoms. The lowest BCUT2D eigenvalue weighted by Crippen LogP contribution is -2.02. The molecule has 1 aromatic carbocycles. The molecular weight excluding hydrogens is 224 g/mol. The molecule has 0 saturated heterocycles. The second kappa shape index (κ2) is 4.04. The molecule has 0 aliphatic heterocycles. The van der Waals surface area contributed by atoms with Gasteiger partial charge in [-0.25, -0.2) is 4.79 Å². The van der Waals surface area contributed by atoms with Crippen LogP contribution in [0.3, 0.4) is 0 Å². The first-order chi connectivity index (χ1) is 8.79. The Kier molecular flexibility index (Phi) is 2.49. The minimum Gasteiger partial charge on any atom is -0.264 e. The molecule has 0 unspecified atom stereocenters. The first kappa shape index (κ1) is 11.1. The maximum absolute atomic E-state index is 10.5. The van der Waals surface area contributed by atoms with E-state index in [4.69, 9.17) is 0 Å². The molecule has 1 aliphatic carbocycles. The maximum Gasteiger partial charge on any atom is 0.235 e. The highest BCUT2D eigenvalue weighted by Gasteiger charge is 2.44. The van der Waals surface area contributed by atoms with Gasteiger partial charge in [0.05, 0.1) is 5.54 Å². The first-order valence-corrected chi connectivity index (χ1v) is 6.25. The van der Waals surface area contributed by atoms with E-state index in [0.717, 1.165) is 30.2 Å². The lowest BCUT2D eigenvalue weighted by atomic mass is 9.99. The number of hydrogen-bond acceptors (Lipinski definition) is 3. The van der Waals surface area contributed by atoms with Crippen molar-refractivity contribution < 1.29 is 4.79 Å². The van der Waals surface area contributed by atoms with Gasteiger partial charge in [0.2, 0.25) is 6.08 Å². The number of aryl methyl sites for hydroxylation is 1. The topological polar surface area (TPSA) is 42.3 Å². The van der Waals surface area contributed by atoms with Crippen LogP contribution in [0.1, 0.15) is 30.9 Å². The zero-order valence-corrected chi connectivity index (χ0v) is 10.3. The van der Waals surface area contributed by atoms with Gasteiger partial charge in [0.15, 0.2) is 0 Å². The standard InChI is InChI=1S/C15H14N2O/c1-2-11-8-16-9-12-7-13(3-4-14(11)12)15(5-6-15)17-10-18/h3-4,7-9H,2,5-6H2,1H3. The summed E-state index contributed by atoms with van der Waals surface area (Å²) in [7, 11) is 0. The average molecular weight is 238 g/mol. The van der Waals surface area contributed by atoms with Crippen molar-refractivity contribution in [1.29, 1.82) is 0 Å². The molecule has 0 atom stereocenters. The minimum atomic E-state index is -0.293. The van der Waals surface area contributed by atoms with Crippen LogP contribution in [-0.4, -0.2) is 11.1 Å². The van der Waals surface area contributed by atoms with Gasteiger partial charge in [-0.3, -0.25) is 4.98 Å². The summed E-state index contributed by atoms with van der Waals surface area (Å²) >= 11 is 0. The van der Waals surface area contributed by atoms with E-state index in [0.29, 0.717) is 0 Å². The largest absolute Gasteiger partial charge is 0.264 e. The number of fused-ring (bicyclic) bond motifs is 1. The quantitative estimate of drug-likeness (QED) is 0.609. The van der Waals surface area contributed by atoms with E-state index in [1.54, 1.807) is 6.08 Å². The summed E-state index contributed by atoms with van der Waals surface area (Å²) in [6.07, 6.45) is 8.34. The van der Waals surface area contributed by atoms with Crippen molar-refractivity contribution in [2.75, 3.05) is 0 Å². The predicted molar refractivity (Wildman–Crippen MR) is 70.2 cm³/mol. The van der Waals surface area contributed by atoms with Crippen molar-refractivity contribution in [2.45, 2.75) is 31.7 Å².